The first-order chi connectivity index (χ1) is 12.6. The van der Waals surface area contributed by atoms with Gasteiger partial charge in [0, 0.05) is 5.69 Å². The van der Waals surface area contributed by atoms with Gasteiger partial charge in [0.1, 0.15) is 5.75 Å². The summed E-state index contributed by atoms with van der Waals surface area (Å²) in [5, 5.41) is 9.75. The molecular weight excluding hydrogens is 346 g/mol. The summed E-state index contributed by atoms with van der Waals surface area (Å²) >= 11 is -2.09. The molecule has 0 heterocycles. The highest BCUT2D eigenvalue weighted by atomic mass is 32.2. The van der Waals surface area contributed by atoms with E-state index in [1.54, 1.807) is 18.2 Å². The lowest BCUT2D eigenvalue weighted by atomic mass is 9.86. The number of hydrogen-bond acceptors (Lipinski definition) is 2. The highest BCUT2D eigenvalue weighted by molar-refractivity contribution is 7.80. The van der Waals surface area contributed by atoms with Gasteiger partial charge >= 0.3 is 0 Å². The van der Waals surface area contributed by atoms with Crippen LogP contribution in [0.15, 0.2) is 78.9 Å². The molecule has 134 valence electrons. The quantitative estimate of drug-likeness (QED) is 0.538. The summed E-state index contributed by atoms with van der Waals surface area (Å²) in [4.78, 5) is 0. The van der Waals surface area contributed by atoms with Gasteiger partial charge in [0.05, 0.1) is 0 Å². The predicted octanol–water partition coefficient (Wildman–Crippen LogP) is 4.51. The average molecular weight is 367 g/mol. The fraction of sp³-hybridized carbons (Fsp3) is 0.143. The molecule has 3 rings (SSSR count). The molecule has 3 N–H and O–H groups in total. The number of aromatic hydroxyl groups is 1. The third kappa shape index (κ3) is 5.18. The summed E-state index contributed by atoms with van der Waals surface area (Å²) in [5.74, 6) is 0.499. The van der Waals surface area contributed by atoms with E-state index in [0.717, 1.165) is 24.0 Å². The van der Waals surface area contributed by atoms with Gasteiger partial charge in [-0.2, -0.15) is 0 Å². The molecule has 0 radical (unpaired) electrons. The zero-order valence-electron chi connectivity index (χ0n) is 14.2. The van der Waals surface area contributed by atoms with Crippen LogP contribution in [0.5, 0.6) is 5.75 Å². The topological polar surface area (TPSA) is 69.6 Å². The SMILES string of the molecule is O=S(O)Nc1cccc(CC(Cc2cccc(O)c2)c2ccccc2)c1. The van der Waals surface area contributed by atoms with E-state index < -0.39 is 11.3 Å². The minimum Gasteiger partial charge on any atom is -0.508 e. The van der Waals surface area contributed by atoms with Gasteiger partial charge in [0.25, 0.3) is 11.3 Å². The van der Waals surface area contributed by atoms with E-state index in [-0.39, 0.29) is 11.7 Å². The van der Waals surface area contributed by atoms with Crippen molar-refractivity contribution in [3.63, 3.8) is 0 Å². The molecular formula is C21H21NO3S. The zero-order chi connectivity index (χ0) is 18.4. The van der Waals surface area contributed by atoms with Crippen molar-refractivity contribution in [1.82, 2.24) is 0 Å². The Morgan fingerprint density at radius 2 is 1.50 bits per heavy atom. The second-order valence-corrected chi connectivity index (χ2v) is 6.94. The summed E-state index contributed by atoms with van der Waals surface area (Å²) in [6, 6.07) is 25.2. The van der Waals surface area contributed by atoms with Crippen molar-refractivity contribution in [2.45, 2.75) is 18.8 Å². The number of phenolic OH excluding ortho intramolecular Hbond substituents is 1. The maximum Gasteiger partial charge on any atom is 0.259 e. The lowest BCUT2D eigenvalue weighted by Gasteiger charge is -2.18. The van der Waals surface area contributed by atoms with Gasteiger partial charge in [-0.1, -0.05) is 54.6 Å². The second kappa shape index (κ2) is 8.65. The van der Waals surface area contributed by atoms with Crippen LogP contribution in [-0.2, 0) is 24.1 Å². The maximum absolute atomic E-state index is 11.0. The minimum atomic E-state index is -2.09. The lowest BCUT2D eigenvalue weighted by Crippen LogP contribution is -2.08. The standard InChI is InChI=1S/C21H21NO3S/c23-21-11-5-7-17(15-21)13-19(18-8-2-1-3-9-18)12-16-6-4-10-20(14-16)22-26(24)25/h1-11,14-15,19,22-23H,12-13H2,(H,24,25). The van der Waals surface area contributed by atoms with E-state index in [2.05, 4.69) is 16.9 Å². The number of rotatable bonds is 7. The Kier molecular flexibility index (Phi) is 6.04. The molecule has 5 heteroatoms. The van der Waals surface area contributed by atoms with Gasteiger partial charge in [-0.3, -0.25) is 9.27 Å². The van der Waals surface area contributed by atoms with E-state index in [0.29, 0.717) is 5.69 Å². The first-order valence-electron chi connectivity index (χ1n) is 8.39. The molecule has 3 aromatic carbocycles. The van der Waals surface area contributed by atoms with Crippen molar-refractivity contribution in [3.8, 4) is 5.75 Å². The van der Waals surface area contributed by atoms with Gasteiger partial charge in [-0.05, 0) is 59.7 Å². The molecule has 4 nitrogen and oxygen atoms in total. The summed E-state index contributed by atoms with van der Waals surface area (Å²) in [6.45, 7) is 0. The highest BCUT2D eigenvalue weighted by Gasteiger charge is 2.14. The van der Waals surface area contributed by atoms with Crippen molar-refractivity contribution < 1.29 is 13.9 Å². The Balaban J connectivity index is 1.85. The van der Waals surface area contributed by atoms with Crippen LogP contribution in [0.1, 0.15) is 22.6 Å². The molecule has 0 aromatic heterocycles. The largest absolute Gasteiger partial charge is 0.508 e. The molecule has 0 aliphatic heterocycles. The maximum atomic E-state index is 11.0. The molecule has 0 saturated carbocycles. The smallest absolute Gasteiger partial charge is 0.259 e. The second-order valence-electron chi connectivity index (χ2n) is 6.24. The summed E-state index contributed by atoms with van der Waals surface area (Å²) in [5.41, 5.74) is 3.99. The normalized spacial score (nSPS) is 13.1. The molecule has 0 amide bonds. The Hall–Kier alpha value is -2.63. The monoisotopic (exact) mass is 367 g/mol. The molecule has 0 spiro atoms. The van der Waals surface area contributed by atoms with Crippen LogP contribution in [0, 0.1) is 0 Å². The fourth-order valence-corrected chi connectivity index (χ4v) is 3.48. The van der Waals surface area contributed by atoms with Gasteiger partial charge in [-0.25, -0.2) is 4.21 Å². The minimum absolute atomic E-state index is 0.230. The van der Waals surface area contributed by atoms with Gasteiger partial charge < -0.3 is 5.11 Å². The van der Waals surface area contributed by atoms with E-state index >= 15 is 0 Å². The summed E-state index contributed by atoms with van der Waals surface area (Å²) in [7, 11) is 0. The van der Waals surface area contributed by atoms with E-state index in [9.17, 15) is 9.32 Å². The Labute approximate surface area is 155 Å². The van der Waals surface area contributed by atoms with Crippen LogP contribution in [0.4, 0.5) is 5.69 Å². The fourth-order valence-electron chi connectivity index (χ4n) is 3.15. The molecule has 0 bridgehead atoms. The van der Waals surface area contributed by atoms with Crippen LogP contribution >= 0.6 is 0 Å². The molecule has 26 heavy (non-hydrogen) atoms. The van der Waals surface area contributed by atoms with Gasteiger partial charge in [0.2, 0.25) is 0 Å². The molecule has 0 aliphatic carbocycles. The van der Waals surface area contributed by atoms with Crippen molar-refractivity contribution in [1.29, 1.82) is 0 Å². The molecule has 0 saturated heterocycles. The Bertz CT molecular complexity index is 883. The van der Waals surface area contributed by atoms with Crippen molar-refractivity contribution in [2.24, 2.45) is 0 Å². The highest BCUT2D eigenvalue weighted by Crippen LogP contribution is 2.27. The van der Waals surface area contributed by atoms with Crippen LogP contribution < -0.4 is 4.72 Å². The third-order valence-electron chi connectivity index (χ3n) is 4.28. The molecule has 0 aliphatic rings. The third-order valence-corrected chi connectivity index (χ3v) is 4.69. The number of hydrogen-bond donors (Lipinski definition) is 3. The van der Waals surface area contributed by atoms with Crippen molar-refractivity contribution in [2.75, 3.05) is 4.72 Å². The predicted molar refractivity (Wildman–Crippen MR) is 106 cm³/mol. The summed E-state index contributed by atoms with van der Waals surface area (Å²) < 4.78 is 22.5. The number of benzene rings is 3. The average Bonchev–Trinajstić information content (AvgIpc) is 2.62. The first-order valence-corrected chi connectivity index (χ1v) is 9.50. The van der Waals surface area contributed by atoms with E-state index in [1.807, 2.05) is 48.5 Å². The number of phenols is 1. The van der Waals surface area contributed by atoms with Crippen LogP contribution in [0.25, 0.3) is 0 Å². The molecule has 0 fully saturated rings. The van der Waals surface area contributed by atoms with Crippen molar-refractivity contribution in [3.05, 3.63) is 95.6 Å². The van der Waals surface area contributed by atoms with Crippen LogP contribution in [-0.4, -0.2) is 13.9 Å². The Morgan fingerprint density at radius 1 is 0.846 bits per heavy atom. The van der Waals surface area contributed by atoms with Crippen LogP contribution in [0.2, 0.25) is 0 Å². The number of nitrogens with one attached hydrogen (secondary N) is 1. The molecule has 3 aromatic rings. The first kappa shape index (κ1) is 18.2. The molecule has 2 unspecified atom stereocenters. The van der Waals surface area contributed by atoms with E-state index in [1.165, 1.54) is 5.56 Å². The van der Waals surface area contributed by atoms with Crippen molar-refractivity contribution >= 4 is 17.0 Å². The summed E-state index contributed by atoms with van der Waals surface area (Å²) in [6.07, 6.45) is 1.58. The van der Waals surface area contributed by atoms with Gasteiger partial charge in [-0.15, -0.1) is 0 Å². The molecule has 2 atom stereocenters. The number of anilines is 1. The van der Waals surface area contributed by atoms with Crippen LogP contribution in [0.3, 0.4) is 0 Å². The van der Waals surface area contributed by atoms with E-state index in [4.69, 9.17) is 4.55 Å². The lowest BCUT2D eigenvalue weighted by molar-refractivity contribution is 0.474. The van der Waals surface area contributed by atoms with Gasteiger partial charge in [0.15, 0.2) is 0 Å². The Morgan fingerprint density at radius 3 is 2.15 bits per heavy atom. The zero-order valence-corrected chi connectivity index (χ0v) is 15.0.